The van der Waals surface area contributed by atoms with E-state index in [0.717, 1.165) is 31.1 Å². The molecule has 2 unspecified atom stereocenters. The summed E-state index contributed by atoms with van der Waals surface area (Å²) in [6.07, 6.45) is 4.67. The van der Waals surface area contributed by atoms with Crippen LogP contribution >= 0.6 is 11.3 Å². The van der Waals surface area contributed by atoms with Crippen LogP contribution in [0.5, 0.6) is 0 Å². The highest BCUT2D eigenvalue weighted by Crippen LogP contribution is 2.37. The minimum absolute atomic E-state index is 0.0855. The van der Waals surface area contributed by atoms with Crippen LogP contribution < -0.4 is 5.32 Å². The van der Waals surface area contributed by atoms with Crippen molar-refractivity contribution in [2.24, 2.45) is 5.92 Å². The molecule has 2 amide bonds. The number of hydrogen-bond acceptors (Lipinski definition) is 6. The number of anilines is 1. The monoisotopic (exact) mass is 352 g/mol. The Morgan fingerprint density at radius 1 is 1.21 bits per heavy atom. The van der Waals surface area contributed by atoms with Gasteiger partial charge in [-0.3, -0.25) is 5.32 Å². The number of nitrogens with one attached hydrogen (secondary N) is 1. The fraction of sp³-hybridized carbons (Fsp3) is 0.812. The standard InChI is InChI=1S/C16H24N4O3S/c1-10-8-20(9-13(23-10)11-2-3-11)16(21)17-15-19-18-14(24-15)12-4-6-22-7-5-12/h10-13H,2-9H2,1H3,(H,17,19,21). The molecule has 2 aliphatic heterocycles. The van der Waals surface area contributed by atoms with Crippen LogP contribution in [0.25, 0.3) is 0 Å². The Morgan fingerprint density at radius 3 is 2.75 bits per heavy atom. The molecule has 1 saturated carbocycles. The lowest BCUT2D eigenvalue weighted by Crippen LogP contribution is -2.51. The molecule has 8 heteroatoms. The maximum absolute atomic E-state index is 12.6. The average molecular weight is 352 g/mol. The number of carbonyl (C=O) groups excluding carboxylic acids is 1. The number of hydrogen-bond donors (Lipinski definition) is 1. The van der Waals surface area contributed by atoms with Crippen LogP contribution in [0.1, 0.15) is 43.5 Å². The number of rotatable bonds is 3. The van der Waals surface area contributed by atoms with E-state index >= 15 is 0 Å². The molecule has 0 bridgehead atoms. The van der Waals surface area contributed by atoms with Crippen LogP contribution in [-0.4, -0.2) is 59.6 Å². The van der Waals surface area contributed by atoms with Crippen LogP contribution in [0.4, 0.5) is 9.93 Å². The number of aromatic nitrogens is 2. The van der Waals surface area contributed by atoms with E-state index in [-0.39, 0.29) is 18.2 Å². The summed E-state index contributed by atoms with van der Waals surface area (Å²) < 4.78 is 11.3. The van der Waals surface area contributed by atoms with Gasteiger partial charge in [-0.05, 0) is 38.5 Å². The number of carbonyl (C=O) groups is 1. The molecule has 0 aromatic carbocycles. The van der Waals surface area contributed by atoms with E-state index in [0.29, 0.717) is 30.1 Å². The van der Waals surface area contributed by atoms with Gasteiger partial charge in [0.05, 0.1) is 12.2 Å². The topological polar surface area (TPSA) is 76.6 Å². The number of morpholine rings is 1. The molecule has 1 N–H and O–H groups in total. The second kappa shape index (κ2) is 6.93. The molecule has 2 atom stereocenters. The molecule has 1 aliphatic carbocycles. The van der Waals surface area contributed by atoms with Crippen LogP contribution in [0, 0.1) is 5.92 Å². The van der Waals surface area contributed by atoms with Crippen molar-refractivity contribution in [3.63, 3.8) is 0 Å². The molecule has 3 aliphatic rings. The lowest BCUT2D eigenvalue weighted by Gasteiger charge is -2.36. The second-order valence-corrected chi connectivity index (χ2v) is 8.00. The van der Waals surface area contributed by atoms with Gasteiger partial charge in [0.25, 0.3) is 0 Å². The first-order chi connectivity index (χ1) is 11.7. The van der Waals surface area contributed by atoms with Crippen molar-refractivity contribution in [2.45, 2.75) is 50.7 Å². The molecule has 0 radical (unpaired) electrons. The molecular weight excluding hydrogens is 328 g/mol. The number of ether oxygens (including phenoxy) is 2. The van der Waals surface area contributed by atoms with Gasteiger partial charge in [0.15, 0.2) is 0 Å². The highest BCUT2D eigenvalue weighted by Gasteiger charge is 2.38. The fourth-order valence-electron chi connectivity index (χ4n) is 3.45. The maximum atomic E-state index is 12.6. The van der Waals surface area contributed by atoms with Crippen molar-refractivity contribution in [1.82, 2.24) is 15.1 Å². The van der Waals surface area contributed by atoms with Crippen LogP contribution in [0.2, 0.25) is 0 Å². The number of nitrogens with zero attached hydrogens (tertiary/aromatic N) is 3. The van der Waals surface area contributed by atoms with Crippen molar-refractivity contribution in [3.8, 4) is 0 Å². The maximum Gasteiger partial charge on any atom is 0.323 e. The summed E-state index contributed by atoms with van der Waals surface area (Å²) in [5.74, 6) is 1.04. The molecule has 132 valence electrons. The molecule has 7 nitrogen and oxygen atoms in total. The van der Waals surface area contributed by atoms with E-state index in [1.165, 1.54) is 24.2 Å². The first-order valence-corrected chi connectivity index (χ1v) is 9.63. The first kappa shape index (κ1) is 16.2. The SMILES string of the molecule is CC1CN(C(=O)Nc2nnc(C3CCOCC3)s2)CC(C2CC2)O1. The highest BCUT2D eigenvalue weighted by atomic mass is 32.1. The molecule has 0 spiro atoms. The van der Waals surface area contributed by atoms with Crippen LogP contribution in [0.3, 0.4) is 0 Å². The highest BCUT2D eigenvalue weighted by molar-refractivity contribution is 7.15. The zero-order valence-electron chi connectivity index (χ0n) is 13.9. The van der Waals surface area contributed by atoms with Crippen molar-refractivity contribution in [2.75, 3.05) is 31.6 Å². The molecule has 3 fully saturated rings. The van der Waals surface area contributed by atoms with Gasteiger partial charge in [-0.1, -0.05) is 11.3 Å². The summed E-state index contributed by atoms with van der Waals surface area (Å²) in [5, 5.41) is 12.9. The van der Waals surface area contributed by atoms with Crippen molar-refractivity contribution >= 4 is 22.5 Å². The van der Waals surface area contributed by atoms with Gasteiger partial charge in [-0.2, -0.15) is 0 Å². The summed E-state index contributed by atoms with van der Waals surface area (Å²) in [5.41, 5.74) is 0. The largest absolute Gasteiger partial charge is 0.381 e. The van der Waals surface area contributed by atoms with Crippen molar-refractivity contribution in [3.05, 3.63) is 5.01 Å². The van der Waals surface area contributed by atoms with E-state index in [4.69, 9.17) is 9.47 Å². The smallest absolute Gasteiger partial charge is 0.323 e. The Labute approximate surface area is 145 Å². The summed E-state index contributed by atoms with van der Waals surface area (Å²) in [4.78, 5) is 14.4. The van der Waals surface area contributed by atoms with E-state index < -0.39 is 0 Å². The summed E-state index contributed by atoms with van der Waals surface area (Å²) >= 11 is 1.48. The third kappa shape index (κ3) is 3.70. The lowest BCUT2D eigenvalue weighted by molar-refractivity contribution is -0.0717. The average Bonchev–Trinajstić information content (AvgIpc) is 3.35. The Bertz CT molecular complexity index is 586. The molecule has 3 heterocycles. The van der Waals surface area contributed by atoms with Crippen LogP contribution in [0.15, 0.2) is 0 Å². The lowest BCUT2D eigenvalue weighted by atomic mass is 10.0. The van der Waals surface area contributed by atoms with Gasteiger partial charge in [0.1, 0.15) is 5.01 Å². The first-order valence-electron chi connectivity index (χ1n) is 8.81. The zero-order chi connectivity index (χ0) is 16.5. The zero-order valence-corrected chi connectivity index (χ0v) is 14.8. The minimum Gasteiger partial charge on any atom is -0.381 e. The van der Waals surface area contributed by atoms with Crippen molar-refractivity contribution in [1.29, 1.82) is 0 Å². The Morgan fingerprint density at radius 2 is 2.00 bits per heavy atom. The van der Waals surface area contributed by atoms with Gasteiger partial charge in [-0.25, -0.2) is 4.79 Å². The minimum atomic E-state index is -0.0922. The third-order valence-corrected chi connectivity index (χ3v) is 5.95. The summed E-state index contributed by atoms with van der Waals surface area (Å²) in [6.45, 7) is 4.89. The molecular formula is C16H24N4O3S. The van der Waals surface area contributed by atoms with Crippen molar-refractivity contribution < 1.29 is 14.3 Å². The predicted octanol–water partition coefficient (Wildman–Crippen LogP) is 2.46. The van der Waals surface area contributed by atoms with E-state index in [1.807, 2.05) is 11.8 Å². The van der Waals surface area contributed by atoms with Gasteiger partial charge >= 0.3 is 6.03 Å². The predicted molar refractivity (Wildman–Crippen MR) is 90.4 cm³/mol. The molecule has 24 heavy (non-hydrogen) atoms. The molecule has 1 aromatic rings. The van der Waals surface area contributed by atoms with Gasteiger partial charge in [0, 0.05) is 32.2 Å². The Kier molecular flexibility index (Phi) is 4.69. The van der Waals surface area contributed by atoms with E-state index in [9.17, 15) is 4.79 Å². The van der Waals surface area contributed by atoms with Gasteiger partial charge in [0.2, 0.25) is 5.13 Å². The number of urea groups is 1. The quantitative estimate of drug-likeness (QED) is 0.904. The van der Waals surface area contributed by atoms with Crippen LogP contribution in [-0.2, 0) is 9.47 Å². The molecule has 1 aromatic heterocycles. The Hall–Kier alpha value is -1.25. The second-order valence-electron chi connectivity index (χ2n) is 6.99. The molecule has 4 rings (SSSR count). The Balaban J connectivity index is 1.36. The summed E-state index contributed by atoms with van der Waals surface area (Å²) in [6, 6.07) is -0.0922. The van der Waals surface area contributed by atoms with E-state index in [2.05, 4.69) is 15.5 Å². The normalized spacial score (nSPS) is 28.8. The fourth-order valence-corrected chi connectivity index (χ4v) is 4.35. The third-order valence-electron chi connectivity index (χ3n) is 4.94. The van der Waals surface area contributed by atoms with Gasteiger partial charge in [-0.15, -0.1) is 10.2 Å². The van der Waals surface area contributed by atoms with Gasteiger partial charge < -0.3 is 14.4 Å². The summed E-state index contributed by atoms with van der Waals surface area (Å²) in [7, 11) is 0. The number of amides is 2. The molecule has 2 saturated heterocycles. The van der Waals surface area contributed by atoms with E-state index in [1.54, 1.807) is 0 Å².